The smallest absolute Gasteiger partial charge is 0.274 e. The van der Waals surface area contributed by atoms with E-state index in [1.165, 1.54) is 22.9 Å². The summed E-state index contributed by atoms with van der Waals surface area (Å²) in [4.78, 5) is 24.7. The molecule has 0 spiro atoms. The third kappa shape index (κ3) is 4.64. The highest BCUT2D eigenvalue weighted by Crippen LogP contribution is 2.24. The van der Waals surface area contributed by atoms with Crippen molar-refractivity contribution in [2.75, 3.05) is 0 Å². The second-order valence-electron chi connectivity index (χ2n) is 6.07. The molecule has 0 saturated heterocycles. The fourth-order valence-electron chi connectivity index (χ4n) is 2.64. The molecule has 29 heavy (non-hydrogen) atoms. The third-order valence-electron chi connectivity index (χ3n) is 4.06. The molecular formula is C19H15Cl3N4O3. The molecule has 0 saturated carbocycles. The summed E-state index contributed by atoms with van der Waals surface area (Å²) < 4.78 is 1.44. The van der Waals surface area contributed by atoms with E-state index in [1.54, 1.807) is 19.1 Å². The van der Waals surface area contributed by atoms with Crippen molar-refractivity contribution < 1.29 is 14.7 Å². The van der Waals surface area contributed by atoms with Gasteiger partial charge in [0.05, 0.1) is 17.8 Å². The van der Waals surface area contributed by atoms with Crippen molar-refractivity contribution in [2.24, 2.45) is 0 Å². The maximum absolute atomic E-state index is 12.5. The molecule has 0 aliphatic carbocycles. The lowest BCUT2D eigenvalue weighted by molar-refractivity contribution is 0.0844. The van der Waals surface area contributed by atoms with Gasteiger partial charge in [-0.05, 0) is 36.8 Å². The second kappa shape index (κ2) is 8.73. The minimum atomic E-state index is -0.740. The predicted octanol–water partition coefficient (Wildman–Crippen LogP) is 3.98. The van der Waals surface area contributed by atoms with Crippen LogP contribution in [0.15, 0.2) is 42.5 Å². The highest BCUT2D eigenvalue weighted by Gasteiger charge is 2.22. The molecule has 2 aromatic carbocycles. The van der Waals surface area contributed by atoms with Crippen molar-refractivity contribution in [3.05, 3.63) is 80.0 Å². The molecule has 0 radical (unpaired) electrons. The number of carbonyl (C=O) groups is 2. The lowest BCUT2D eigenvalue weighted by Gasteiger charge is -2.09. The molecule has 0 aliphatic rings. The minimum Gasteiger partial charge on any atom is -0.507 e. The van der Waals surface area contributed by atoms with E-state index in [4.69, 9.17) is 34.8 Å². The number of aromatic hydroxyl groups is 1. The van der Waals surface area contributed by atoms with Crippen LogP contribution in [0.3, 0.4) is 0 Å². The number of amides is 2. The number of rotatable bonds is 4. The van der Waals surface area contributed by atoms with Gasteiger partial charge in [0.15, 0.2) is 0 Å². The molecule has 10 heteroatoms. The van der Waals surface area contributed by atoms with Crippen LogP contribution in [0, 0.1) is 6.92 Å². The average molecular weight is 454 g/mol. The summed E-state index contributed by atoms with van der Waals surface area (Å²) in [6.45, 7) is 1.89. The largest absolute Gasteiger partial charge is 0.507 e. The van der Waals surface area contributed by atoms with Crippen LogP contribution in [0.5, 0.6) is 5.75 Å². The van der Waals surface area contributed by atoms with Gasteiger partial charge in [0.2, 0.25) is 0 Å². The fraction of sp³-hybridized carbons (Fsp3) is 0.105. The Balaban J connectivity index is 1.74. The Morgan fingerprint density at radius 3 is 2.48 bits per heavy atom. The van der Waals surface area contributed by atoms with Crippen LogP contribution in [0.25, 0.3) is 0 Å². The van der Waals surface area contributed by atoms with Gasteiger partial charge in [-0.2, -0.15) is 5.10 Å². The summed E-state index contributed by atoms with van der Waals surface area (Å²) in [5.74, 6) is -1.67. The molecule has 2 amide bonds. The van der Waals surface area contributed by atoms with Gasteiger partial charge >= 0.3 is 0 Å². The Morgan fingerprint density at radius 1 is 1.07 bits per heavy atom. The van der Waals surface area contributed by atoms with Gasteiger partial charge in [-0.25, -0.2) is 4.68 Å². The van der Waals surface area contributed by atoms with E-state index in [2.05, 4.69) is 16.0 Å². The van der Waals surface area contributed by atoms with Crippen molar-refractivity contribution in [3.63, 3.8) is 0 Å². The summed E-state index contributed by atoms with van der Waals surface area (Å²) in [6.07, 6.45) is 0. The number of nitrogens with one attached hydrogen (secondary N) is 2. The van der Waals surface area contributed by atoms with Crippen LogP contribution in [-0.2, 0) is 6.54 Å². The van der Waals surface area contributed by atoms with E-state index < -0.39 is 11.8 Å². The number of aromatic nitrogens is 2. The summed E-state index contributed by atoms with van der Waals surface area (Å²) in [5, 5.41) is 15.0. The van der Waals surface area contributed by atoms with Crippen LogP contribution in [0.1, 0.15) is 32.0 Å². The van der Waals surface area contributed by atoms with Gasteiger partial charge in [0.25, 0.3) is 11.8 Å². The van der Waals surface area contributed by atoms with Crippen LogP contribution < -0.4 is 10.9 Å². The first-order chi connectivity index (χ1) is 13.8. The lowest BCUT2D eigenvalue weighted by atomic mass is 10.2. The third-order valence-corrected chi connectivity index (χ3v) is 5.05. The van der Waals surface area contributed by atoms with E-state index >= 15 is 0 Å². The summed E-state index contributed by atoms with van der Waals surface area (Å²) in [5.41, 5.74) is 5.65. The molecule has 3 rings (SSSR count). The predicted molar refractivity (Wildman–Crippen MR) is 111 cm³/mol. The number of benzene rings is 2. The topological polar surface area (TPSA) is 96.3 Å². The Labute approximate surface area is 181 Å². The zero-order chi connectivity index (χ0) is 21.1. The van der Waals surface area contributed by atoms with Gasteiger partial charge in [-0.1, -0.05) is 53.0 Å². The number of carbonyl (C=O) groups excluding carboxylic acids is 2. The molecule has 1 aromatic heterocycles. The van der Waals surface area contributed by atoms with Gasteiger partial charge in [-0.3, -0.25) is 20.4 Å². The number of phenolic OH excluding ortho intramolecular Hbond substituents is 1. The number of hydrogen-bond acceptors (Lipinski definition) is 4. The first kappa shape index (κ1) is 21.0. The molecule has 1 heterocycles. The number of phenols is 1. The van der Waals surface area contributed by atoms with Crippen LogP contribution >= 0.6 is 34.8 Å². The Morgan fingerprint density at radius 2 is 1.76 bits per heavy atom. The van der Waals surface area contributed by atoms with Crippen molar-refractivity contribution in [1.82, 2.24) is 20.6 Å². The molecule has 7 nitrogen and oxygen atoms in total. The molecule has 3 aromatic rings. The number of hydrazine groups is 1. The minimum absolute atomic E-state index is 0.0879. The summed E-state index contributed by atoms with van der Waals surface area (Å²) in [6, 6.07) is 11.2. The van der Waals surface area contributed by atoms with Gasteiger partial charge in [0, 0.05) is 10.0 Å². The second-order valence-corrected chi connectivity index (χ2v) is 7.27. The maximum Gasteiger partial charge on any atom is 0.274 e. The SMILES string of the molecule is Cc1nn(Cc2ccccc2Cl)c(Cl)c1C(=O)NNC(=O)c1cc(Cl)ccc1O. The van der Waals surface area contributed by atoms with Crippen molar-refractivity contribution in [1.29, 1.82) is 0 Å². The van der Waals surface area contributed by atoms with Crippen molar-refractivity contribution in [3.8, 4) is 5.75 Å². The normalized spacial score (nSPS) is 10.6. The summed E-state index contributed by atoms with van der Waals surface area (Å²) in [7, 11) is 0. The number of nitrogens with zero attached hydrogens (tertiary/aromatic N) is 2. The summed E-state index contributed by atoms with van der Waals surface area (Å²) >= 11 is 18.3. The molecule has 0 aliphatic heterocycles. The van der Waals surface area contributed by atoms with Gasteiger partial charge in [-0.15, -0.1) is 0 Å². The molecule has 0 unspecified atom stereocenters. The zero-order valence-electron chi connectivity index (χ0n) is 15.0. The standard InChI is InChI=1S/C19H15Cl3N4O3/c1-10-16(17(22)26(25-10)9-11-4-2-3-5-14(11)21)19(29)24-23-18(28)13-8-12(20)6-7-15(13)27/h2-8,27H,9H2,1H3,(H,23,28)(H,24,29). The van der Waals surface area contributed by atoms with E-state index in [0.29, 0.717) is 10.7 Å². The van der Waals surface area contributed by atoms with E-state index in [1.807, 2.05) is 12.1 Å². The van der Waals surface area contributed by atoms with Gasteiger partial charge in [0.1, 0.15) is 16.5 Å². The van der Waals surface area contributed by atoms with Crippen molar-refractivity contribution >= 4 is 46.6 Å². The van der Waals surface area contributed by atoms with E-state index in [-0.39, 0.29) is 33.6 Å². The van der Waals surface area contributed by atoms with Crippen LogP contribution in [0.2, 0.25) is 15.2 Å². The quantitative estimate of drug-likeness (QED) is 0.521. The van der Waals surface area contributed by atoms with Crippen LogP contribution in [0.4, 0.5) is 0 Å². The molecule has 0 fully saturated rings. The molecular weight excluding hydrogens is 439 g/mol. The molecule has 0 bridgehead atoms. The highest BCUT2D eigenvalue weighted by atomic mass is 35.5. The number of hydrogen-bond donors (Lipinski definition) is 3. The molecule has 150 valence electrons. The van der Waals surface area contributed by atoms with Crippen LogP contribution in [-0.4, -0.2) is 26.7 Å². The molecule has 0 atom stereocenters. The Bertz CT molecular complexity index is 1100. The fourth-order valence-corrected chi connectivity index (χ4v) is 3.33. The Hall–Kier alpha value is -2.74. The van der Waals surface area contributed by atoms with E-state index in [0.717, 1.165) is 5.56 Å². The first-order valence-electron chi connectivity index (χ1n) is 8.33. The van der Waals surface area contributed by atoms with Crippen molar-refractivity contribution in [2.45, 2.75) is 13.5 Å². The molecule has 3 N–H and O–H groups in total. The Kier molecular flexibility index (Phi) is 6.32. The zero-order valence-corrected chi connectivity index (χ0v) is 17.3. The van der Waals surface area contributed by atoms with E-state index in [9.17, 15) is 14.7 Å². The average Bonchev–Trinajstić information content (AvgIpc) is 2.96. The lowest BCUT2D eigenvalue weighted by Crippen LogP contribution is -2.41. The number of aryl methyl sites for hydroxylation is 1. The first-order valence-corrected chi connectivity index (χ1v) is 9.47. The highest BCUT2D eigenvalue weighted by molar-refractivity contribution is 6.33. The monoisotopic (exact) mass is 452 g/mol. The maximum atomic E-state index is 12.5. The van der Waals surface area contributed by atoms with Gasteiger partial charge < -0.3 is 5.11 Å². The number of halogens is 3.